The van der Waals surface area contributed by atoms with Crippen LogP contribution in [0.5, 0.6) is 0 Å². The highest BCUT2D eigenvalue weighted by Gasteiger charge is 2.19. The van der Waals surface area contributed by atoms with Crippen molar-refractivity contribution in [3.05, 3.63) is 47.8 Å². The quantitative estimate of drug-likeness (QED) is 0.791. The van der Waals surface area contributed by atoms with Crippen LogP contribution in [0.15, 0.2) is 36.7 Å². The van der Waals surface area contributed by atoms with Crippen molar-refractivity contribution in [2.45, 2.75) is 19.1 Å². The van der Waals surface area contributed by atoms with E-state index in [0.29, 0.717) is 5.56 Å². The SMILES string of the molecule is Cc1ccccc1-n1cc(C(O)C(O)C#N)cn1. The van der Waals surface area contributed by atoms with Crippen LogP contribution < -0.4 is 0 Å². The highest BCUT2D eigenvalue weighted by Crippen LogP contribution is 2.19. The Kier molecular flexibility index (Phi) is 3.42. The fourth-order valence-corrected chi connectivity index (χ4v) is 1.69. The molecule has 2 aromatic rings. The third-order valence-corrected chi connectivity index (χ3v) is 2.74. The minimum atomic E-state index is -1.44. The van der Waals surface area contributed by atoms with E-state index in [-0.39, 0.29) is 0 Å². The van der Waals surface area contributed by atoms with E-state index in [0.717, 1.165) is 11.3 Å². The molecular formula is C13H13N3O2. The van der Waals surface area contributed by atoms with Crippen LogP contribution in [0.3, 0.4) is 0 Å². The van der Waals surface area contributed by atoms with Gasteiger partial charge in [-0.15, -0.1) is 0 Å². The Labute approximate surface area is 105 Å². The van der Waals surface area contributed by atoms with Gasteiger partial charge in [-0.25, -0.2) is 4.68 Å². The Hall–Kier alpha value is -2.16. The highest BCUT2D eigenvalue weighted by molar-refractivity contribution is 5.39. The molecule has 0 aliphatic carbocycles. The van der Waals surface area contributed by atoms with Crippen molar-refractivity contribution >= 4 is 0 Å². The highest BCUT2D eigenvalue weighted by atomic mass is 16.3. The van der Waals surface area contributed by atoms with E-state index in [1.54, 1.807) is 16.9 Å². The number of hydrogen-bond acceptors (Lipinski definition) is 4. The molecular weight excluding hydrogens is 230 g/mol. The zero-order chi connectivity index (χ0) is 13.1. The van der Waals surface area contributed by atoms with Gasteiger partial charge in [-0.05, 0) is 18.6 Å². The summed E-state index contributed by atoms with van der Waals surface area (Å²) in [5.74, 6) is 0. The number of rotatable bonds is 3. The summed E-state index contributed by atoms with van der Waals surface area (Å²) in [5, 5.41) is 31.6. The zero-order valence-corrected chi connectivity index (χ0v) is 9.85. The molecule has 0 saturated carbocycles. The van der Waals surface area contributed by atoms with Crippen molar-refractivity contribution in [1.29, 1.82) is 5.26 Å². The smallest absolute Gasteiger partial charge is 0.170 e. The van der Waals surface area contributed by atoms with Gasteiger partial charge in [-0.3, -0.25) is 0 Å². The molecule has 2 rings (SSSR count). The second kappa shape index (κ2) is 5.00. The lowest BCUT2D eigenvalue weighted by molar-refractivity contribution is 0.0528. The molecule has 0 amide bonds. The summed E-state index contributed by atoms with van der Waals surface area (Å²) in [6.07, 6.45) is 0.359. The number of para-hydroxylation sites is 1. The summed E-state index contributed by atoms with van der Waals surface area (Å²) in [4.78, 5) is 0. The Morgan fingerprint density at radius 2 is 2.06 bits per heavy atom. The molecule has 2 unspecified atom stereocenters. The second-order valence-corrected chi connectivity index (χ2v) is 4.02. The number of aromatic nitrogens is 2. The minimum absolute atomic E-state index is 0.410. The van der Waals surface area contributed by atoms with Crippen molar-refractivity contribution in [3.63, 3.8) is 0 Å². The summed E-state index contributed by atoms with van der Waals surface area (Å²) in [7, 11) is 0. The molecule has 5 nitrogen and oxygen atoms in total. The molecule has 2 atom stereocenters. The predicted octanol–water partition coefficient (Wildman–Crippen LogP) is 1.10. The van der Waals surface area contributed by atoms with Crippen LogP contribution >= 0.6 is 0 Å². The molecule has 92 valence electrons. The molecule has 0 spiro atoms. The zero-order valence-electron chi connectivity index (χ0n) is 9.85. The first-order chi connectivity index (χ1) is 8.63. The molecule has 0 fully saturated rings. The first-order valence-corrected chi connectivity index (χ1v) is 5.50. The molecule has 0 radical (unpaired) electrons. The van der Waals surface area contributed by atoms with Crippen molar-refractivity contribution in [2.24, 2.45) is 0 Å². The van der Waals surface area contributed by atoms with Crippen LogP contribution in [0.1, 0.15) is 17.2 Å². The normalized spacial score (nSPS) is 13.9. The van der Waals surface area contributed by atoms with Gasteiger partial charge in [-0.2, -0.15) is 10.4 Å². The van der Waals surface area contributed by atoms with Crippen molar-refractivity contribution in [2.75, 3.05) is 0 Å². The van der Waals surface area contributed by atoms with Gasteiger partial charge in [0.15, 0.2) is 6.10 Å². The fraction of sp³-hybridized carbons (Fsp3) is 0.231. The number of aryl methyl sites for hydroxylation is 1. The van der Waals surface area contributed by atoms with Crippen LogP contribution in [-0.2, 0) is 0 Å². The van der Waals surface area contributed by atoms with Gasteiger partial charge >= 0.3 is 0 Å². The monoisotopic (exact) mass is 243 g/mol. The summed E-state index contributed by atoms with van der Waals surface area (Å²) < 4.78 is 1.61. The largest absolute Gasteiger partial charge is 0.384 e. The van der Waals surface area contributed by atoms with Crippen LogP contribution in [0, 0.1) is 18.3 Å². The van der Waals surface area contributed by atoms with Gasteiger partial charge in [0.25, 0.3) is 0 Å². The maximum Gasteiger partial charge on any atom is 0.170 e. The van der Waals surface area contributed by atoms with Gasteiger partial charge in [0, 0.05) is 11.8 Å². The second-order valence-electron chi connectivity index (χ2n) is 4.02. The molecule has 1 heterocycles. The summed E-state index contributed by atoms with van der Waals surface area (Å²) in [6, 6.07) is 9.27. The average Bonchev–Trinajstić information content (AvgIpc) is 2.87. The molecule has 18 heavy (non-hydrogen) atoms. The van der Waals surface area contributed by atoms with Gasteiger partial charge in [0.05, 0.1) is 18.0 Å². The topological polar surface area (TPSA) is 82.1 Å². The van der Waals surface area contributed by atoms with Crippen LogP contribution in [0.25, 0.3) is 5.69 Å². The summed E-state index contributed by atoms with van der Waals surface area (Å²) >= 11 is 0. The van der Waals surface area contributed by atoms with Crippen LogP contribution in [-0.4, -0.2) is 26.1 Å². The lowest BCUT2D eigenvalue weighted by Gasteiger charge is -2.08. The molecule has 0 bridgehead atoms. The summed E-state index contributed by atoms with van der Waals surface area (Å²) in [5.41, 5.74) is 2.34. The van der Waals surface area contributed by atoms with Crippen molar-refractivity contribution in [3.8, 4) is 11.8 Å². The van der Waals surface area contributed by atoms with Gasteiger partial charge < -0.3 is 10.2 Å². The Balaban J connectivity index is 2.32. The van der Waals surface area contributed by atoms with Gasteiger partial charge in [0.1, 0.15) is 6.10 Å². The molecule has 0 aliphatic heterocycles. The van der Waals surface area contributed by atoms with Crippen molar-refractivity contribution in [1.82, 2.24) is 9.78 Å². The first-order valence-electron chi connectivity index (χ1n) is 5.50. The first kappa shape index (κ1) is 12.3. The predicted molar refractivity (Wildman–Crippen MR) is 64.9 cm³/mol. The van der Waals surface area contributed by atoms with E-state index >= 15 is 0 Å². The van der Waals surface area contributed by atoms with Crippen LogP contribution in [0.4, 0.5) is 0 Å². The Bertz CT molecular complexity index is 586. The maximum atomic E-state index is 9.69. The van der Waals surface area contributed by atoms with Crippen LogP contribution in [0.2, 0.25) is 0 Å². The maximum absolute atomic E-state index is 9.69. The van der Waals surface area contributed by atoms with Gasteiger partial charge in [0.2, 0.25) is 0 Å². The number of benzene rings is 1. The lowest BCUT2D eigenvalue weighted by Crippen LogP contribution is -2.15. The van der Waals surface area contributed by atoms with E-state index in [1.807, 2.05) is 31.2 Å². The fourth-order valence-electron chi connectivity index (χ4n) is 1.69. The van der Waals surface area contributed by atoms with E-state index in [1.165, 1.54) is 6.20 Å². The molecule has 2 N–H and O–H groups in total. The third kappa shape index (κ3) is 2.25. The van der Waals surface area contributed by atoms with Gasteiger partial charge in [-0.1, -0.05) is 18.2 Å². The minimum Gasteiger partial charge on any atom is -0.384 e. The lowest BCUT2D eigenvalue weighted by atomic mass is 10.1. The molecule has 0 aliphatic rings. The standard InChI is InChI=1S/C13H13N3O2/c1-9-4-2-3-5-11(9)16-8-10(7-15-16)13(18)12(17)6-14/h2-5,7-8,12-13,17-18H,1H3. The molecule has 5 heteroatoms. The van der Waals surface area contributed by atoms with E-state index in [9.17, 15) is 10.2 Å². The number of aliphatic hydroxyl groups excluding tert-OH is 2. The molecule has 1 aromatic heterocycles. The summed E-state index contributed by atoms with van der Waals surface area (Å²) in [6.45, 7) is 1.96. The van der Waals surface area contributed by atoms with Crippen molar-refractivity contribution < 1.29 is 10.2 Å². The number of hydrogen-bond donors (Lipinski definition) is 2. The van der Waals surface area contributed by atoms with E-state index in [4.69, 9.17) is 5.26 Å². The number of aliphatic hydroxyl groups is 2. The number of nitriles is 1. The Morgan fingerprint density at radius 3 is 2.72 bits per heavy atom. The molecule has 0 saturated heterocycles. The number of nitrogens with zero attached hydrogens (tertiary/aromatic N) is 3. The van der Waals surface area contributed by atoms with E-state index in [2.05, 4.69) is 5.10 Å². The molecule has 1 aromatic carbocycles. The average molecular weight is 243 g/mol. The third-order valence-electron chi connectivity index (χ3n) is 2.74. The van der Waals surface area contributed by atoms with E-state index < -0.39 is 12.2 Å². The Morgan fingerprint density at radius 1 is 1.33 bits per heavy atom.